The fraction of sp³-hybridized carbons (Fsp3) is 0.217. The van der Waals surface area contributed by atoms with Crippen molar-refractivity contribution in [2.24, 2.45) is 0 Å². The van der Waals surface area contributed by atoms with E-state index in [0.29, 0.717) is 4.90 Å². The van der Waals surface area contributed by atoms with Gasteiger partial charge >= 0.3 is 0 Å². The van der Waals surface area contributed by atoms with E-state index in [2.05, 4.69) is 58.0 Å². The molecule has 3 rings (SSSR count). The first-order valence-electron chi connectivity index (χ1n) is 8.88. The molecule has 0 radical (unpaired) electrons. The van der Waals surface area contributed by atoms with Crippen molar-refractivity contribution < 1.29 is 8.42 Å². The van der Waals surface area contributed by atoms with Gasteiger partial charge in [0, 0.05) is 15.4 Å². The van der Waals surface area contributed by atoms with Crippen LogP contribution in [0.1, 0.15) is 31.9 Å². The summed E-state index contributed by atoms with van der Waals surface area (Å²) in [7, 11) is -2.61. The van der Waals surface area contributed by atoms with Crippen LogP contribution in [-0.4, -0.2) is 8.42 Å². The minimum atomic E-state index is -2.61. The van der Waals surface area contributed by atoms with Crippen LogP contribution in [-0.2, 0) is 16.1 Å². The Morgan fingerprint density at radius 3 is 2.15 bits per heavy atom. The van der Waals surface area contributed by atoms with E-state index in [1.165, 1.54) is 16.0 Å². The van der Waals surface area contributed by atoms with E-state index in [9.17, 15) is 8.42 Å². The lowest BCUT2D eigenvalue weighted by atomic mass is 9.87. The van der Waals surface area contributed by atoms with Crippen molar-refractivity contribution in [1.29, 1.82) is 0 Å². The monoisotopic (exact) mass is 396 g/mol. The van der Waals surface area contributed by atoms with Crippen LogP contribution in [0.15, 0.2) is 81.4 Å². The Morgan fingerprint density at radius 2 is 1.52 bits per heavy atom. The molecular formula is C23H24O2S2. The SMILES string of the molecule is Cc1ccc(C(C)(C)C)cc1Sc1ccc(-c2ccccc2[SH](=O)=O)cc1. The van der Waals surface area contributed by atoms with Crippen molar-refractivity contribution in [3.63, 3.8) is 0 Å². The summed E-state index contributed by atoms with van der Waals surface area (Å²) in [5, 5.41) is 0. The third kappa shape index (κ3) is 4.63. The Labute approximate surface area is 167 Å². The van der Waals surface area contributed by atoms with Crippen molar-refractivity contribution in [2.45, 2.75) is 47.8 Å². The highest BCUT2D eigenvalue weighted by Gasteiger charge is 2.15. The Balaban J connectivity index is 1.90. The van der Waals surface area contributed by atoms with Crippen LogP contribution in [0.4, 0.5) is 0 Å². The van der Waals surface area contributed by atoms with E-state index in [0.717, 1.165) is 16.0 Å². The van der Waals surface area contributed by atoms with Gasteiger partial charge in [0.2, 0.25) is 0 Å². The molecule has 0 saturated carbocycles. The fourth-order valence-corrected chi connectivity index (χ4v) is 4.43. The average molecular weight is 397 g/mol. The molecule has 4 heteroatoms. The third-order valence-electron chi connectivity index (χ3n) is 4.55. The number of hydrogen-bond acceptors (Lipinski definition) is 3. The van der Waals surface area contributed by atoms with Crippen LogP contribution < -0.4 is 0 Å². The topological polar surface area (TPSA) is 34.1 Å². The van der Waals surface area contributed by atoms with Crippen molar-refractivity contribution >= 4 is 22.5 Å². The Kier molecular flexibility index (Phi) is 5.78. The van der Waals surface area contributed by atoms with Gasteiger partial charge in [0.1, 0.15) is 0 Å². The first-order chi connectivity index (χ1) is 12.8. The lowest BCUT2D eigenvalue weighted by Crippen LogP contribution is -2.11. The van der Waals surface area contributed by atoms with Gasteiger partial charge in [-0.1, -0.05) is 75.0 Å². The lowest BCUT2D eigenvalue weighted by molar-refractivity contribution is 0.588. The average Bonchev–Trinajstić information content (AvgIpc) is 2.63. The molecule has 0 spiro atoms. The van der Waals surface area contributed by atoms with Crippen molar-refractivity contribution in [3.05, 3.63) is 77.9 Å². The first-order valence-corrected chi connectivity index (χ1v) is 10.9. The zero-order chi connectivity index (χ0) is 19.6. The molecule has 0 aliphatic rings. The Hall–Kier alpha value is -2.04. The zero-order valence-corrected chi connectivity index (χ0v) is 17.7. The molecule has 0 unspecified atom stereocenters. The second-order valence-corrected chi connectivity index (χ2v) is 9.74. The number of thiol groups is 1. The molecule has 0 saturated heterocycles. The van der Waals surface area contributed by atoms with Crippen LogP contribution in [0.3, 0.4) is 0 Å². The van der Waals surface area contributed by atoms with Crippen molar-refractivity contribution in [3.8, 4) is 11.1 Å². The maximum atomic E-state index is 11.5. The smallest absolute Gasteiger partial charge is 0.168 e. The summed E-state index contributed by atoms with van der Waals surface area (Å²) >= 11 is 1.74. The molecule has 0 aliphatic carbocycles. The lowest BCUT2D eigenvalue weighted by Gasteiger charge is -2.20. The summed E-state index contributed by atoms with van der Waals surface area (Å²) in [4.78, 5) is 2.75. The maximum Gasteiger partial charge on any atom is 0.168 e. The van der Waals surface area contributed by atoms with Gasteiger partial charge < -0.3 is 0 Å². The van der Waals surface area contributed by atoms with E-state index in [1.807, 2.05) is 24.3 Å². The summed E-state index contributed by atoms with van der Waals surface area (Å²) in [6.07, 6.45) is 0. The molecule has 0 aliphatic heterocycles. The van der Waals surface area contributed by atoms with E-state index in [4.69, 9.17) is 0 Å². The molecule has 3 aromatic carbocycles. The second kappa shape index (κ2) is 7.91. The quantitative estimate of drug-likeness (QED) is 0.543. The minimum absolute atomic E-state index is 0.117. The fourth-order valence-electron chi connectivity index (χ4n) is 2.88. The third-order valence-corrected chi connectivity index (χ3v) is 6.50. The molecule has 2 nitrogen and oxygen atoms in total. The van der Waals surface area contributed by atoms with Crippen LogP contribution in [0, 0.1) is 6.92 Å². The van der Waals surface area contributed by atoms with Crippen LogP contribution in [0.2, 0.25) is 0 Å². The Morgan fingerprint density at radius 1 is 0.852 bits per heavy atom. The molecule has 0 aromatic heterocycles. The largest absolute Gasteiger partial charge is 0.227 e. The summed E-state index contributed by atoms with van der Waals surface area (Å²) in [6, 6.07) is 21.8. The molecule has 140 valence electrons. The molecular weight excluding hydrogens is 372 g/mol. The zero-order valence-electron chi connectivity index (χ0n) is 16.0. The van der Waals surface area contributed by atoms with Gasteiger partial charge in [-0.05, 0) is 53.3 Å². The van der Waals surface area contributed by atoms with Crippen LogP contribution >= 0.6 is 11.8 Å². The van der Waals surface area contributed by atoms with E-state index in [1.54, 1.807) is 23.9 Å². The molecule has 0 atom stereocenters. The predicted molar refractivity (Wildman–Crippen MR) is 114 cm³/mol. The minimum Gasteiger partial charge on any atom is -0.227 e. The summed E-state index contributed by atoms with van der Waals surface area (Å²) < 4.78 is 23.0. The highest BCUT2D eigenvalue weighted by atomic mass is 32.2. The summed E-state index contributed by atoms with van der Waals surface area (Å²) in [5.74, 6) is 0. The van der Waals surface area contributed by atoms with E-state index in [-0.39, 0.29) is 5.41 Å². The normalized spacial score (nSPS) is 11.7. The van der Waals surface area contributed by atoms with Crippen LogP contribution in [0.5, 0.6) is 0 Å². The number of benzene rings is 3. The van der Waals surface area contributed by atoms with Crippen molar-refractivity contribution in [1.82, 2.24) is 0 Å². The van der Waals surface area contributed by atoms with Gasteiger partial charge in [0.15, 0.2) is 10.7 Å². The summed E-state index contributed by atoms with van der Waals surface area (Å²) in [5.41, 5.74) is 4.35. The molecule has 0 amide bonds. The molecule has 0 bridgehead atoms. The van der Waals surface area contributed by atoms with Gasteiger partial charge in [-0.25, -0.2) is 8.42 Å². The molecule has 0 fully saturated rings. The molecule has 3 aromatic rings. The van der Waals surface area contributed by atoms with E-state index >= 15 is 0 Å². The number of hydrogen-bond donors (Lipinski definition) is 1. The molecule has 0 N–H and O–H groups in total. The maximum absolute atomic E-state index is 11.5. The standard InChI is InChI=1S/C23H24O2S2/c1-16-9-12-18(23(2,3)4)15-21(16)26-19-13-10-17(11-14-19)20-7-5-6-8-22(20)27(24)25/h5-15,27H,1-4H3. The van der Waals surface area contributed by atoms with Crippen LogP contribution in [0.25, 0.3) is 11.1 Å². The number of rotatable bonds is 4. The van der Waals surface area contributed by atoms with Crippen molar-refractivity contribution in [2.75, 3.05) is 0 Å². The molecule has 27 heavy (non-hydrogen) atoms. The highest BCUT2D eigenvalue weighted by molar-refractivity contribution is 7.99. The van der Waals surface area contributed by atoms with Gasteiger partial charge in [-0.2, -0.15) is 0 Å². The number of aryl methyl sites for hydroxylation is 1. The van der Waals surface area contributed by atoms with E-state index < -0.39 is 10.7 Å². The predicted octanol–water partition coefficient (Wildman–Crippen LogP) is 6.08. The first kappa shape index (κ1) is 19.7. The van der Waals surface area contributed by atoms with Gasteiger partial charge in [0.05, 0.1) is 4.90 Å². The second-order valence-electron chi connectivity index (χ2n) is 7.63. The van der Waals surface area contributed by atoms with Gasteiger partial charge in [-0.3, -0.25) is 0 Å². The molecule has 0 heterocycles. The summed E-state index contributed by atoms with van der Waals surface area (Å²) in [6.45, 7) is 8.79. The highest BCUT2D eigenvalue weighted by Crippen LogP contribution is 2.35. The van der Waals surface area contributed by atoms with Gasteiger partial charge in [-0.15, -0.1) is 0 Å². The Bertz CT molecular complexity index is 1020. The van der Waals surface area contributed by atoms with Gasteiger partial charge in [0.25, 0.3) is 0 Å².